The van der Waals surface area contributed by atoms with E-state index in [-0.39, 0.29) is 6.61 Å². The lowest BCUT2D eigenvalue weighted by Gasteiger charge is -2.20. The van der Waals surface area contributed by atoms with Crippen molar-refractivity contribution in [3.05, 3.63) is 10.6 Å². The van der Waals surface area contributed by atoms with Gasteiger partial charge in [0.15, 0.2) is 10.6 Å². The number of hydrogen-bond acceptors (Lipinski definition) is 4. The molecule has 0 amide bonds. The lowest BCUT2D eigenvalue weighted by atomic mass is 10.3. The van der Waals surface area contributed by atoms with E-state index in [9.17, 15) is 0 Å². The van der Waals surface area contributed by atoms with E-state index in [0.29, 0.717) is 16.6 Å². The summed E-state index contributed by atoms with van der Waals surface area (Å²) in [6.07, 6.45) is 0. The summed E-state index contributed by atoms with van der Waals surface area (Å²) in [5.74, 6) is 0.587. The highest BCUT2D eigenvalue weighted by Crippen LogP contribution is 2.02. The van der Waals surface area contributed by atoms with E-state index < -0.39 is 0 Å². The molecule has 1 aromatic heterocycles. The predicted octanol–water partition coefficient (Wildman–Crippen LogP) is 0.383. The first-order valence-corrected chi connectivity index (χ1v) is 4.88. The van der Waals surface area contributed by atoms with Crippen molar-refractivity contribution in [2.75, 3.05) is 14.1 Å². The highest BCUT2D eigenvalue weighted by molar-refractivity contribution is 7.71. The fraction of sp³-hybridized carbons (Fsp3) is 0.750. The number of nitrogens with one attached hydrogen (secondary N) is 1. The molecule has 1 unspecified atom stereocenters. The molecule has 1 rings (SSSR count). The Bertz CT molecular complexity index is 343. The summed E-state index contributed by atoms with van der Waals surface area (Å²) in [5, 5.41) is 15.6. The summed E-state index contributed by atoms with van der Waals surface area (Å²) in [4.78, 5) is 2.09. The molecule has 5 nitrogen and oxygen atoms in total. The van der Waals surface area contributed by atoms with Crippen molar-refractivity contribution in [3.63, 3.8) is 0 Å². The molecular formula is C8H16N4OS. The second-order valence-electron chi connectivity index (χ2n) is 3.53. The van der Waals surface area contributed by atoms with E-state index in [2.05, 4.69) is 22.0 Å². The van der Waals surface area contributed by atoms with Gasteiger partial charge in [-0.05, 0) is 33.2 Å². The Labute approximate surface area is 88.4 Å². The molecule has 0 saturated carbocycles. The summed E-state index contributed by atoms with van der Waals surface area (Å²) in [7, 11) is 4.01. The highest BCUT2D eigenvalue weighted by Gasteiger charge is 2.10. The molecule has 2 N–H and O–H groups in total. The maximum atomic E-state index is 9.02. The van der Waals surface area contributed by atoms with Gasteiger partial charge in [0, 0.05) is 12.6 Å². The first-order chi connectivity index (χ1) is 6.56. The van der Waals surface area contributed by atoms with Gasteiger partial charge in [0.1, 0.15) is 6.61 Å². The molecule has 0 radical (unpaired) electrons. The number of aliphatic hydroxyl groups excluding tert-OH is 1. The van der Waals surface area contributed by atoms with E-state index in [1.165, 1.54) is 0 Å². The topological polar surface area (TPSA) is 57.1 Å². The minimum atomic E-state index is -0.0900. The number of H-pyrrole nitrogens is 1. The van der Waals surface area contributed by atoms with Crippen LogP contribution in [-0.2, 0) is 13.2 Å². The third-order valence-corrected chi connectivity index (χ3v) is 2.62. The Morgan fingerprint density at radius 3 is 2.79 bits per heavy atom. The van der Waals surface area contributed by atoms with Crippen LogP contribution in [0.15, 0.2) is 0 Å². The van der Waals surface area contributed by atoms with Crippen LogP contribution in [0.1, 0.15) is 12.7 Å². The van der Waals surface area contributed by atoms with Crippen molar-refractivity contribution in [1.82, 2.24) is 19.7 Å². The predicted molar refractivity (Wildman–Crippen MR) is 56.5 cm³/mol. The van der Waals surface area contributed by atoms with Gasteiger partial charge in [-0.1, -0.05) is 0 Å². The SMILES string of the molecule is CC(Cn1c(CO)n[nH]c1=S)N(C)C. The second kappa shape index (κ2) is 4.68. The highest BCUT2D eigenvalue weighted by atomic mass is 32.1. The third-order valence-electron chi connectivity index (χ3n) is 2.31. The molecule has 6 heteroatoms. The van der Waals surface area contributed by atoms with Crippen LogP contribution >= 0.6 is 12.2 Å². The quantitative estimate of drug-likeness (QED) is 0.715. The van der Waals surface area contributed by atoms with Gasteiger partial charge in [-0.25, -0.2) is 0 Å². The Hall–Kier alpha value is -0.720. The molecule has 14 heavy (non-hydrogen) atoms. The number of likely N-dealkylation sites (N-methyl/N-ethyl adjacent to an activating group) is 1. The average Bonchev–Trinajstić information content (AvgIpc) is 2.47. The first-order valence-electron chi connectivity index (χ1n) is 4.47. The van der Waals surface area contributed by atoms with E-state index in [1.54, 1.807) is 0 Å². The van der Waals surface area contributed by atoms with Crippen molar-refractivity contribution in [2.24, 2.45) is 0 Å². The lowest BCUT2D eigenvalue weighted by Crippen LogP contribution is -2.29. The van der Waals surface area contributed by atoms with Gasteiger partial charge < -0.3 is 14.6 Å². The van der Waals surface area contributed by atoms with Gasteiger partial charge in [0.25, 0.3) is 0 Å². The Morgan fingerprint density at radius 2 is 2.29 bits per heavy atom. The summed E-state index contributed by atoms with van der Waals surface area (Å²) >= 11 is 5.06. The van der Waals surface area contributed by atoms with Crippen LogP contribution in [0.3, 0.4) is 0 Å². The van der Waals surface area contributed by atoms with Crippen molar-refractivity contribution >= 4 is 12.2 Å². The van der Waals surface area contributed by atoms with Crippen LogP contribution in [-0.4, -0.2) is 44.9 Å². The second-order valence-corrected chi connectivity index (χ2v) is 3.91. The van der Waals surface area contributed by atoms with Crippen LogP contribution < -0.4 is 0 Å². The largest absolute Gasteiger partial charge is 0.388 e. The zero-order valence-electron chi connectivity index (χ0n) is 8.69. The number of aliphatic hydroxyl groups is 1. The Balaban J connectivity index is 2.84. The van der Waals surface area contributed by atoms with Gasteiger partial charge >= 0.3 is 0 Å². The standard InChI is InChI=1S/C8H16N4OS/c1-6(11(2)3)4-12-7(5-13)9-10-8(12)14/h6,13H,4-5H2,1-3H3,(H,10,14). The summed E-state index contributed by atoms with van der Waals surface area (Å²) in [6.45, 7) is 2.74. The first kappa shape index (κ1) is 11.4. The molecule has 1 heterocycles. The summed E-state index contributed by atoms with van der Waals surface area (Å²) in [6, 6.07) is 0.351. The van der Waals surface area contributed by atoms with Crippen LogP contribution in [0.5, 0.6) is 0 Å². The molecule has 0 bridgehead atoms. The van der Waals surface area contributed by atoms with E-state index >= 15 is 0 Å². The molecule has 0 fully saturated rings. The van der Waals surface area contributed by atoms with Gasteiger partial charge in [0.2, 0.25) is 0 Å². The Kier molecular flexibility index (Phi) is 3.79. The fourth-order valence-corrected chi connectivity index (χ4v) is 1.31. The van der Waals surface area contributed by atoms with E-state index in [0.717, 1.165) is 6.54 Å². The van der Waals surface area contributed by atoms with Crippen molar-refractivity contribution in [3.8, 4) is 0 Å². The fourth-order valence-electron chi connectivity index (χ4n) is 1.09. The molecule has 0 spiro atoms. The minimum absolute atomic E-state index is 0.0900. The van der Waals surface area contributed by atoms with E-state index in [4.69, 9.17) is 17.3 Å². The minimum Gasteiger partial charge on any atom is -0.388 e. The summed E-state index contributed by atoms with van der Waals surface area (Å²) in [5.41, 5.74) is 0. The molecule has 0 saturated heterocycles. The van der Waals surface area contributed by atoms with Crippen LogP contribution in [0.2, 0.25) is 0 Å². The van der Waals surface area contributed by atoms with Crippen molar-refractivity contribution in [1.29, 1.82) is 0 Å². The van der Waals surface area contributed by atoms with Crippen molar-refractivity contribution in [2.45, 2.75) is 26.1 Å². The zero-order valence-corrected chi connectivity index (χ0v) is 9.51. The third kappa shape index (κ3) is 2.40. The summed E-state index contributed by atoms with van der Waals surface area (Å²) < 4.78 is 2.38. The van der Waals surface area contributed by atoms with Crippen LogP contribution in [0, 0.1) is 4.77 Å². The van der Waals surface area contributed by atoms with Crippen LogP contribution in [0.25, 0.3) is 0 Å². The molecule has 0 aliphatic rings. The molecular weight excluding hydrogens is 200 g/mol. The Morgan fingerprint density at radius 1 is 1.64 bits per heavy atom. The number of hydrogen-bond donors (Lipinski definition) is 2. The molecule has 80 valence electrons. The van der Waals surface area contributed by atoms with Crippen LogP contribution in [0.4, 0.5) is 0 Å². The number of aromatic amines is 1. The normalized spacial score (nSPS) is 13.5. The zero-order chi connectivity index (χ0) is 10.7. The maximum Gasteiger partial charge on any atom is 0.195 e. The molecule has 1 atom stereocenters. The number of rotatable bonds is 4. The molecule has 0 aliphatic heterocycles. The molecule has 1 aromatic rings. The smallest absolute Gasteiger partial charge is 0.195 e. The monoisotopic (exact) mass is 216 g/mol. The molecule has 0 aliphatic carbocycles. The van der Waals surface area contributed by atoms with Gasteiger partial charge in [-0.3, -0.25) is 5.10 Å². The lowest BCUT2D eigenvalue weighted by molar-refractivity contribution is 0.247. The molecule has 0 aromatic carbocycles. The van der Waals surface area contributed by atoms with E-state index in [1.807, 2.05) is 18.7 Å². The average molecular weight is 216 g/mol. The number of aromatic nitrogens is 3. The van der Waals surface area contributed by atoms with Gasteiger partial charge in [-0.2, -0.15) is 5.10 Å². The maximum absolute atomic E-state index is 9.02. The van der Waals surface area contributed by atoms with Gasteiger partial charge in [0.05, 0.1) is 0 Å². The number of nitrogens with zero attached hydrogens (tertiary/aromatic N) is 3. The van der Waals surface area contributed by atoms with Gasteiger partial charge in [-0.15, -0.1) is 0 Å². The van der Waals surface area contributed by atoms with Crippen molar-refractivity contribution < 1.29 is 5.11 Å².